The molecular weight excluding hydrogens is 507 g/mol. The quantitative estimate of drug-likeness (QED) is 0.257. The number of furan rings is 1. The van der Waals surface area contributed by atoms with Crippen LogP contribution in [0.3, 0.4) is 0 Å². The van der Waals surface area contributed by atoms with Crippen LogP contribution in [0, 0.1) is 6.92 Å². The third kappa shape index (κ3) is 8.10. The molecule has 0 radical (unpaired) electrons. The summed E-state index contributed by atoms with van der Waals surface area (Å²) in [7, 11) is 0. The molecule has 7 nitrogen and oxygen atoms in total. The highest BCUT2D eigenvalue weighted by atomic mass is 127. The Balaban J connectivity index is 0.00000341. The number of nitrogens with zero attached hydrogens (tertiary/aromatic N) is 2. The Labute approximate surface area is 202 Å². The molecule has 1 aliphatic heterocycles. The number of hydrogen-bond donors (Lipinski definition) is 3. The van der Waals surface area contributed by atoms with Gasteiger partial charge in [-0.3, -0.25) is 9.89 Å². The van der Waals surface area contributed by atoms with E-state index in [4.69, 9.17) is 14.1 Å². The molecule has 172 valence electrons. The first kappa shape index (κ1) is 25.6. The predicted molar refractivity (Wildman–Crippen MR) is 134 cm³/mol. The van der Waals surface area contributed by atoms with E-state index in [9.17, 15) is 5.11 Å². The summed E-state index contributed by atoms with van der Waals surface area (Å²) in [6, 6.07) is 13.9. The van der Waals surface area contributed by atoms with Gasteiger partial charge < -0.3 is 24.9 Å². The van der Waals surface area contributed by atoms with Crippen LogP contribution in [-0.4, -0.2) is 61.9 Å². The molecule has 1 fully saturated rings. The number of guanidine groups is 1. The molecule has 2 aromatic rings. The van der Waals surface area contributed by atoms with Gasteiger partial charge >= 0.3 is 0 Å². The fourth-order valence-corrected chi connectivity index (χ4v) is 3.60. The second kappa shape index (κ2) is 13.7. The first-order chi connectivity index (χ1) is 14.7. The number of rotatable bonds is 9. The SMILES string of the molecule is CCNC(=NCC(c1ccc(C)o1)N1CCOCC1)NCCC(O)c1ccccc1.I. The van der Waals surface area contributed by atoms with Gasteiger partial charge in [-0.05, 0) is 38.0 Å². The van der Waals surface area contributed by atoms with E-state index in [1.165, 1.54) is 0 Å². The van der Waals surface area contributed by atoms with Gasteiger partial charge in [-0.1, -0.05) is 30.3 Å². The van der Waals surface area contributed by atoms with E-state index in [0.29, 0.717) is 19.5 Å². The zero-order valence-electron chi connectivity index (χ0n) is 18.4. The normalized spacial score (nSPS) is 16.9. The Morgan fingerprint density at radius 2 is 1.87 bits per heavy atom. The lowest BCUT2D eigenvalue weighted by atomic mass is 10.1. The standard InChI is InChI=1S/C23H34N4O3.HI/c1-3-24-23(25-12-11-21(28)19-7-5-4-6-8-19)26-17-20(22-10-9-18(2)30-22)27-13-15-29-16-14-27;/h4-10,20-21,28H,3,11-17H2,1-2H3,(H2,24,25,26);1H. The Bertz CT molecular complexity index is 778. The average Bonchev–Trinajstić information content (AvgIpc) is 3.21. The van der Waals surface area contributed by atoms with E-state index >= 15 is 0 Å². The van der Waals surface area contributed by atoms with Crippen molar-refractivity contribution in [1.82, 2.24) is 15.5 Å². The summed E-state index contributed by atoms with van der Waals surface area (Å²) in [5.41, 5.74) is 0.932. The van der Waals surface area contributed by atoms with Crippen molar-refractivity contribution in [3.8, 4) is 0 Å². The highest BCUT2D eigenvalue weighted by Crippen LogP contribution is 2.24. The molecule has 0 amide bonds. The van der Waals surface area contributed by atoms with Crippen LogP contribution in [0.2, 0.25) is 0 Å². The molecule has 3 rings (SSSR count). The smallest absolute Gasteiger partial charge is 0.191 e. The van der Waals surface area contributed by atoms with Gasteiger partial charge in [0, 0.05) is 26.2 Å². The first-order valence-electron chi connectivity index (χ1n) is 10.8. The average molecular weight is 542 g/mol. The van der Waals surface area contributed by atoms with Crippen LogP contribution in [0.4, 0.5) is 0 Å². The number of aliphatic hydroxyl groups is 1. The third-order valence-corrected chi connectivity index (χ3v) is 5.24. The number of morpholine rings is 1. The topological polar surface area (TPSA) is 82.3 Å². The first-order valence-corrected chi connectivity index (χ1v) is 10.8. The molecule has 0 bridgehead atoms. The van der Waals surface area contributed by atoms with Crippen LogP contribution >= 0.6 is 24.0 Å². The molecule has 1 saturated heterocycles. The van der Waals surface area contributed by atoms with Crippen molar-refractivity contribution in [2.24, 2.45) is 4.99 Å². The van der Waals surface area contributed by atoms with Crippen molar-refractivity contribution < 1.29 is 14.3 Å². The lowest BCUT2D eigenvalue weighted by Gasteiger charge is -2.32. The Kier molecular flexibility index (Phi) is 11.3. The number of aryl methyl sites for hydroxylation is 1. The van der Waals surface area contributed by atoms with Crippen LogP contribution in [-0.2, 0) is 4.74 Å². The van der Waals surface area contributed by atoms with Gasteiger partial charge in [0.1, 0.15) is 11.5 Å². The molecule has 1 aromatic carbocycles. The molecule has 0 saturated carbocycles. The minimum absolute atomic E-state index is 0. The maximum Gasteiger partial charge on any atom is 0.191 e. The van der Waals surface area contributed by atoms with Gasteiger partial charge in [0.2, 0.25) is 0 Å². The second-order valence-electron chi connectivity index (χ2n) is 7.47. The molecule has 1 aromatic heterocycles. The summed E-state index contributed by atoms with van der Waals surface area (Å²) in [4.78, 5) is 7.18. The molecular formula is C23H35IN4O3. The Morgan fingerprint density at radius 1 is 1.13 bits per heavy atom. The van der Waals surface area contributed by atoms with Gasteiger partial charge in [0.15, 0.2) is 5.96 Å². The van der Waals surface area contributed by atoms with Crippen LogP contribution in [0.25, 0.3) is 0 Å². The Morgan fingerprint density at radius 3 is 2.52 bits per heavy atom. The van der Waals surface area contributed by atoms with Crippen molar-refractivity contribution in [1.29, 1.82) is 0 Å². The van der Waals surface area contributed by atoms with E-state index in [0.717, 1.165) is 55.9 Å². The van der Waals surface area contributed by atoms with Crippen molar-refractivity contribution in [2.75, 3.05) is 45.9 Å². The minimum Gasteiger partial charge on any atom is -0.465 e. The number of benzene rings is 1. The third-order valence-electron chi connectivity index (χ3n) is 5.24. The van der Waals surface area contributed by atoms with Crippen LogP contribution in [0.1, 0.15) is 42.6 Å². The molecule has 1 aliphatic rings. The van der Waals surface area contributed by atoms with Crippen molar-refractivity contribution >= 4 is 29.9 Å². The number of aliphatic hydroxyl groups excluding tert-OH is 1. The number of ether oxygens (including phenoxy) is 1. The summed E-state index contributed by atoms with van der Waals surface area (Å²) in [6.07, 6.45) is 0.118. The highest BCUT2D eigenvalue weighted by molar-refractivity contribution is 14.0. The van der Waals surface area contributed by atoms with E-state index in [-0.39, 0.29) is 30.0 Å². The monoisotopic (exact) mass is 542 g/mol. The van der Waals surface area contributed by atoms with E-state index in [2.05, 4.69) is 15.5 Å². The molecule has 8 heteroatoms. The second-order valence-corrected chi connectivity index (χ2v) is 7.47. The van der Waals surface area contributed by atoms with Crippen LogP contribution in [0.15, 0.2) is 51.9 Å². The van der Waals surface area contributed by atoms with Gasteiger partial charge in [0.05, 0.1) is 31.9 Å². The zero-order valence-corrected chi connectivity index (χ0v) is 20.7. The maximum atomic E-state index is 10.4. The fraction of sp³-hybridized carbons (Fsp3) is 0.522. The number of hydrogen-bond acceptors (Lipinski definition) is 5. The lowest BCUT2D eigenvalue weighted by molar-refractivity contribution is 0.0135. The zero-order chi connectivity index (χ0) is 21.2. The summed E-state index contributed by atoms with van der Waals surface area (Å²) in [5, 5.41) is 17.0. The van der Waals surface area contributed by atoms with E-state index in [1.807, 2.05) is 56.3 Å². The molecule has 3 N–H and O–H groups in total. The largest absolute Gasteiger partial charge is 0.465 e. The molecule has 2 heterocycles. The molecule has 0 spiro atoms. The maximum absolute atomic E-state index is 10.4. The molecule has 0 aliphatic carbocycles. The minimum atomic E-state index is -0.492. The number of halogens is 1. The highest BCUT2D eigenvalue weighted by Gasteiger charge is 2.25. The summed E-state index contributed by atoms with van der Waals surface area (Å²) < 4.78 is 11.4. The van der Waals surface area contributed by atoms with Crippen LogP contribution in [0.5, 0.6) is 0 Å². The summed E-state index contributed by atoms with van der Waals surface area (Å²) in [5.74, 6) is 2.60. The fourth-order valence-electron chi connectivity index (χ4n) is 3.60. The Hall–Kier alpha value is -1.62. The van der Waals surface area contributed by atoms with Crippen LogP contribution < -0.4 is 10.6 Å². The van der Waals surface area contributed by atoms with Crippen molar-refractivity contribution in [2.45, 2.75) is 32.4 Å². The lowest BCUT2D eigenvalue weighted by Crippen LogP contribution is -2.42. The van der Waals surface area contributed by atoms with E-state index < -0.39 is 6.10 Å². The number of nitrogens with one attached hydrogen (secondary N) is 2. The van der Waals surface area contributed by atoms with Gasteiger partial charge in [0.25, 0.3) is 0 Å². The molecule has 31 heavy (non-hydrogen) atoms. The predicted octanol–water partition coefficient (Wildman–Crippen LogP) is 3.26. The summed E-state index contributed by atoms with van der Waals surface area (Å²) in [6.45, 7) is 9.20. The van der Waals surface area contributed by atoms with Crippen molar-refractivity contribution in [3.63, 3.8) is 0 Å². The summed E-state index contributed by atoms with van der Waals surface area (Å²) >= 11 is 0. The molecule has 2 unspecified atom stereocenters. The van der Waals surface area contributed by atoms with Crippen molar-refractivity contribution in [3.05, 3.63) is 59.5 Å². The number of aliphatic imine (C=N–C) groups is 1. The van der Waals surface area contributed by atoms with Gasteiger partial charge in [-0.25, -0.2) is 0 Å². The van der Waals surface area contributed by atoms with E-state index in [1.54, 1.807) is 0 Å². The van der Waals surface area contributed by atoms with Gasteiger partial charge in [-0.15, -0.1) is 24.0 Å². The van der Waals surface area contributed by atoms with Gasteiger partial charge in [-0.2, -0.15) is 0 Å². The molecule has 2 atom stereocenters.